The molecule has 3 N–H and O–H groups in total. The second-order valence-electron chi connectivity index (χ2n) is 7.26. The van der Waals surface area contributed by atoms with Gasteiger partial charge in [-0.05, 0) is 36.9 Å². The van der Waals surface area contributed by atoms with E-state index in [4.69, 9.17) is 15.3 Å². The summed E-state index contributed by atoms with van der Waals surface area (Å²) in [6, 6.07) is 0. The Morgan fingerprint density at radius 2 is 1.90 bits per heavy atom. The van der Waals surface area contributed by atoms with E-state index in [0.29, 0.717) is 25.6 Å². The van der Waals surface area contributed by atoms with Crippen LogP contribution in [-0.4, -0.2) is 50.2 Å². The van der Waals surface area contributed by atoms with E-state index in [2.05, 4.69) is 33.9 Å². The maximum atomic E-state index is 10.9. The highest BCUT2D eigenvalue weighted by Crippen LogP contribution is 2.38. The van der Waals surface area contributed by atoms with Crippen molar-refractivity contribution in [3.63, 3.8) is 0 Å². The molecule has 0 radical (unpaired) electrons. The number of amides is 1. The summed E-state index contributed by atoms with van der Waals surface area (Å²) in [7, 11) is -1.82. The number of hydrogen-bond acceptors (Lipinski definition) is 3. The molecular formula is C14H30N2O3Si. The molecule has 1 aliphatic rings. The number of piperidine rings is 1. The topological polar surface area (TPSA) is 75.8 Å². The molecule has 20 heavy (non-hydrogen) atoms. The molecule has 0 aromatic carbocycles. The summed E-state index contributed by atoms with van der Waals surface area (Å²) in [5.41, 5.74) is 5.92. The molecule has 1 amide bonds. The molecule has 0 bridgehead atoms. The monoisotopic (exact) mass is 302 g/mol. The van der Waals surface area contributed by atoms with Gasteiger partial charge in [-0.1, -0.05) is 20.8 Å². The lowest BCUT2D eigenvalue weighted by Gasteiger charge is -2.42. The largest absolute Gasteiger partial charge is 0.465 e. The summed E-state index contributed by atoms with van der Waals surface area (Å²) in [5, 5.41) is 9.16. The minimum Gasteiger partial charge on any atom is -0.465 e. The first-order valence-corrected chi connectivity index (χ1v) is 10.3. The molecule has 1 aliphatic heterocycles. The van der Waals surface area contributed by atoms with Crippen molar-refractivity contribution in [1.82, 2.24) is 4.90 Å². The molecule has 118 valence electrons. The molecule has 1 rings (SSSR count). The van der Waals surface area contributed by atoms with Crippen LogP contribution in [0, 0.1) is 5.92 Å². The van der Waals surface area contributed by atoms with Crippen molar-refractivity contribution in [2.24, 2.45) is 11.7 Å². The minimum atomic E-state index is -1.82. The third-order valence-corrected chi connectivity index (χ3v) is 9.32. The Labute approximate surface area is 123 Å². The van der Waals surface area contributed by atoms with Crippen LogP contribution in [0.15, 0.2) is 0 Å². The van der Waals surface area contributed by atoms with Crippen LogP contribution in [0.4, 0.5) is 4.79 Å². The van der Waals surface area contributed by atoms with Gasteiger partial charge in [0.15, 0.2) is 8.32 Å². The van der Waals surface area contributed by atoms with Crippen molar-refractivity contribution in [3.8, 4) is 0 Å². The molecule has 0 spiro atoms. The van der Waals surface area contributed by atoms with E-state index in [1.807, 2.05) is 0 Å². The van der Waals surface area contributed by atoms with Crippen LogP contribution in [0.3, 0.4) is 0 Å². The van der Waals surface area contributed by atoms with Crippen molar-refractivity contribution in [2.75, 3.05) is 19.6 Å². The molecule has 0 saturated carbocycles. The molecule has 6 heteroatoms. The lowest BCUT2D eigenvalue weighted by molar-refractivity contribution is 0.0690. The van der Waals surface area contributed by atoms with Crippen LogP contribution in [0.25, 0.3) is 0 Å². The van der Waals surface area contributed by atoms with Gasteiger partial charge in [-0.2, -0.15) is 0 Å². The first-order valence-electron chi connectivity index (χ1n) is 7.44. The Kier molecular flexibility index (Phi) is 5.63. The molecule has 1 heterocycles. The van der Waals surface area contributed by atoms with Gasteiger partial charge >= 0.3 is 6.09 Å². The molecule has 1 fully saturated rings. The molecule has 1 atom stereocenters. The van der Waals surface area contributed by atoms with Gasteiger partial charge in [-0.15, -0.1) is 0 Å². The normalized spacial score (nSPS) is 20.0. The van der Waals surface area contributed by atoms with Crippen LogP contribution in [-0.2, 0) is 4.43 Å². The van der Waals surface area contributed by atoms with Gasteiger partial charge in [-0.3, -0.25) is 0 Å². The summed E-state index contributed by atoms with van der Waals surface area (Å²) in [6.07, 6.45) is 0.941. The summed E-state index contributed by atoms with van der Waals surface area (Å²) < 4.78 is 6.43. The van der Waals surface area contributed by atoms with Crippen LogP contribution in [0.2, 0.25) is 18.1 Å². The predicted molar refractivity (Wildman–Crippen MR) is 83.4 cm³/mol. The average Bonchev–Trinajstić information content (AvgIpc) is 2.34. The maximum Gasteiger partial charge on any atom is 0.407 e. The minimum absolute atomic E-state index is 0.0619. The number of carboxylic acid groups (broad SMARTS) is 1. The molecule has 5 nitrogen and oxygen atoms in total. The zero-order valence-corrected chi connectivity index (χ0v) is 14.5. The van der Waals surface area contributed by atoms with Crippen LogP contribution in [0.1, 0.15) is 33.6 Å². The average molecular weight is 302 g/mol. The third-order valence-electron chi connectivity index (χ3n) is 4.82. The Balaban J connectivity index is 2.63. The van der Waals surface area contributed by atoms with Crippen molar-refractivity contribution in [2.45, 2.75) is 57.8 Å². The zero-order valence-electron chi connectivity index (χ0n) is 13.5. The lowest BCUT2D eigenvalue weighted by Crippen LogP contribution is -2.50. The number of hydrogen-bond donors (Lipinski definition) is 2. The second kappa shape index (κ2) is 6.45. The van der Waals surface area contributed by atoms with E-state index in [9.17, 15) is 4.79 Å². The van der Waals surface area contributed by atoms with E-state index in [1.54, 1.807) is 0 Å². The van der Waals surface area contributed by atoms with Gasteiger partial charge in [-0.25, -0.2) is 4.79 Å². The highest BCUT2D eigenvalue weighted by Gasteiger charge is 2.41. The van der Waals surface area contributed by atoms with Crippen LogP contribution >= 0.6 is 0 Å². The Bertz CT molecular complexity index is 334. The maximum absolute atomic E-state index is 10.9. The molecular weight excluding hydrogens is 272 g/mol. The number of carbonyl (C=O) groups is 1. The quantitative estimate of drug-likeness (QED) is 0.783. The number of nitrogens with zero attached hydrogens (tertiary/aromatic N) is 1. The van der Waals surface area contributed by atoms with Crippen molar-refractivity contribution in [1.29, 1.82) is 0 Å². The fourth-order valence-electron chi connectivity index (χ4n) is 2.35. The van der Waals surface area contributed by atoms with Crippen LogP contribution < -0.4 is 5.73 Å². The summed E-state index contributed by atoms with van der Waals surface area (Å²) in [5.74, 6) is 0.379. The summed E-state index contributed by atoms with van der Waals surface area (Å²) in [6.45, 7) is 12.8. The first-order chi connectivity index (χ1) is 9.08. The van der Waals surface area contributed by atoms with Crippen molar-refractivity contribution in [3.05, 3.63) is 0 Å². The van der Waals surface area contributed by atoms with E-state index >= 15 is 0 Å². The number of likely N-dealkylation sites (tertiary alicyclic amines) is 1. The Morgan fingerprint density at radius 1 is 1.40 bits per heavy atom. The number of nitrogens with two attached hydrogens (primary N) is 1. The smallest absolute Gasteiger partial charge is 0.407 e. The fraction of sp³-hybridized carbons (Fsp3) is 0.929. The van der Waals surface area contributed by atoms with Gasteiger partial charge in [0.2, 0.25) is 0 Å². The molecule has 1 unspecified atom stereocenters. The highest BCUT2D eigenvalue weighted by atomic mass is 28.4. The van der Waals surface area contributed by atoms with Crippen molar-refractivity contribution < 1.29 is 14.3 Å². The molecule has 0 aromatic rings. The molecule has 1 saturated heterocycles. The molecule has 0 aliphatic carbocycles. The summed E-state index contributed by atoms with van der Waals surface area (Å²) in [4.78, 5) is 12.4. The van der Waals surface area contributed by atoms with E-state index in [-0.39, 0.29) is 11.1 Å². The SMILES string of the molecule is CC(C)(C)[Si](C)(C)OC(CN)C1CCN(C(=O)O)CC1. The fourth-order valence-corrected chi connectivity index (χ4v) is 3.75. The van der Waals surface area contributed by atoms with E-state index in [1.165, 1.54) is 4.90 Å². The van der Waals surface area contributed by atoms with Gasteiger partial charge in [0.05, 0.1) is 6.10 Å². The highest BCUT2D eigenvalue weighted by molar-refractivity contribution is 6.74. The van der Waals surface area contributed by atoms with Crippen molar-refractivity contribution >= 4 is 14.4 Å². The van der Waals surface area contributed by atoms with Gasteiger partial charge in [0.1, 0.15) is 0 Å². The Morgan fingerprint density at radius 3 is 2.25 bits per heavy atom. The number of rotatable bonds is 4. The summed E-state index contributed by atoms with van der Waals surface area (Å²) >= 11 is 0. The zero-order chi connectivity index (χ0) is 15.6. The van der Waals surface area contributed by atoms with Gasteiger partial charge < -0.3 is 20.2 Å². The first kappa shape index (κ1) is 17.5. The second-order valence-corrected chi connectivity index (χ2v) is 12.0. The van der Waals surface area contributed by atoms with E-state index < -0.39 is 14.4 Å². The standard InChI is InChI=1S/C14H30N2O3Si/c1-14(2,3)20(4,5)19-12(10-15)11-6-8-16(9-7-11)13(17)18/h11-12H,6-10,15H2,1-5H3,(H,17,18). The van der Waals surface area contributed by atoms with Gasteiger partial charge in [0, 0.05) is 19.6 Å². The molecule has 0 aromatic heterocycles. The van der Waals surface area contributed by atoms with E-state index in [0.717, 1.165) is 12.8 Å². The Hall–Kier alpha value is -0.593. The van der Waals surface area contributed by atoms with Gasteiger partial charge in [0.25, 0.3) is 0 Å². The third kappa shape index (κ3) is 4.20. The van der Waals surface area contributed by atoms with Crippen LogP contribution in [0.5, 0.6) is 0 Å². The lowest BCUT2D eigenvalue weighted by atomic mass is 9.91. The predicted octanol–water partition coefficient (Wildman–Crippen LogP) is 2.73.